The number of nitrogens with two attached hydrogens (primary N) is 1. The molecule has 0 bridgehead atoms. The van der Waals surface area contributed by atoms with Crippen molar-refractivity contribution >= 4 is 36.3 Å². The molecule has 3 amide bonds. The number of hydrogen-bond donors (Lipinski definition) is 8. The number of hydrogen-bond acceptors (Lipinski definition) is 8. The second kappa shape index (κ2) is 13.5. The van der Waals surface area contributed by atoms with Crippen LogP contribution in [0.2, 0.25) is 0 Å². The molecule has 35 heavy (non-hydrogen) atoms. The number of amides is 3. The van der Waals surface area contributed by atoms with Crippen molar-refractivity contribution in [1.29, 1.82) is 0 Å². The monoisotopic (exact) mass is 508 g/mol. The summed E-state index contributed by atoms with van der Waals surface area (Å²) in [6.45, 7) is 3.85. The van der Waals surface area contributed by atoms with Gasteiger partial charge in [-0.3, -0.25) is 14.4 Å². The summed E-state index contributed by atoms with van der Waals surface area (Å²) < 4.78 is 0. The average Bonchev–Trinajstić information content (AvgIpc) is 3.50. The first-order chi connectivity index (χ1) is 16.6. The number of aromatic nitrogens is 4. The predicted octanol–water partition coefficient (Wildman–Crippen LogP) is -1.24. The molecule has 0 saturated carbocycles. The highest BCUT2D eigenvalue weighted by Gasteiger charge is 2.30. The lowest BCUT2D eigenvalue weighted by atomic mass is 10.0. The molecule has 192 valence electrons. The second-order valence-corrected chi connectivity index (χ2v) is 8.87. The standard InChI is InChI=1S/C21H32N8O5S/c1-11(2)3-14(22)18(30)27-15(4-12-6-23-9-25-12)19(31)29-17(8-35)20(32)28-16(21(33)34)5-13-7-24-10-26-13/h6-7,9-11,14-17,35H,3-5,8,22H2,1-2H3,(H,23,25)(H,24,26)(H,27,30)(H,28,32)(H,29,31)(H,33,34). The van der Waals surface area contributed by atoms with Gasteiger partial charge in [0, 0.05) is 42.4 Å². The van der Waals surface area contributed by atoms with Crippen LogP contribution in [0.15, 0.2) is 25.0 Å². The van der Waals surface area contributed by atoms with E-state index in [-0.39, 0.29) is 24.5 Å². The second-order valence-electron chi connectivity index (χ2n) is 8.50. The minimum absolute atomic E-state index is 0.0272. The van der Waals surface area contributed by atoms with Gasteiger partial charge >= 0.3 is 5.97 Å². The number of aliphatic carboxylic acids is 1. The summed E-state index contributed by atoms with van der Waals surface area (Å²) in [5.74, 6) is -3.07. The molecule has 2 aromatic rings. The highest BCUT2D eigenvalue weighted by Crippen LogP contribution is 2.06. The molecule has 14 heteroatoms. The van der Waals surface area contributed by atoms with Crippen molar-refractivity contribution in [2.24, 2.45) is 11.7 Å². The maximum atomic E-state index is 13.1. The number of aromatic amines is 2. The molecule has 0 aliphatic carbocycles. The van der Waals surface area contributed by atoms with E-state index in [0.717, 1.165) is 0 Å². The van der Waals surface area contributed by atoms with Crippen LogP contribution in [0.3, 0.4) is 0 Å². The minimum Gasteiger partial charge on any atom is -0.480 e. The molecule has 2 rings (SSSR count). The Hall–Kier alpha value is -3.39. The molecule has 13 nitrogen and oxygen atoms in total. The minimum atomic E-state index is -1.25. The number of carbonyl (C=O) groups is 4. The number of imidazole rings is 2. The first kappa shape index (κ1) is 27.9. The highest BCUT2D eigenvalue weighted by molar-refractivity contribution is 7.80. The van der Waals surface area contributed by atoms with Gasteiger partial charge in [-0.05, 0) is 12.3 Å². The van der Waals surface area contributed by atoms with Crippen molar-refractivity contribution in [2.45, 2.75) is 57.3 Å². The number of carbonyl (C=O) groups excluding carboxylic acids is 3. The van der Waals surface area contributed by atoms with E-state index in [1.165, 1.54) is 25.0 Å². The molecule has 0 aliphatic heterocycles. The topological polar surface area (TPSA) is 208 Å². The van der Waals surface area contributed by atoms with Gasteiger partial charge < -0.3 is 36.8 Å². The summed E-state index contributed by atoms with van der Waals surface area (Å²) in [7, 11) is 0. The van der Waals surface area contributed by atoms with E-state index in [1.54, 1.807) is 0 Å². The van der Waals surface area contributed by atoms with Crippen molar-refractivity contribution in [2.75, 3.05) is 5.75 Å². The third-order valence-corrected chi connectivity index (χ3v) is 5.45. The normalized spacial score (nSPS) is 14.5. The molecule has 0 fully saturated rings. The Kier molecular flexibility index (Phi) is 10.7. The van der Waals surface area contributed by atoms with Gasteiger partial charge in [0.15, 0.2) is 0 Å². The van der Waals surface area contributed by atoms with Crippen LogP contribution in [0.25, 0.3) is 0 Å². The van der Waals surface area contributed by atoms with Crippen LogP contribution in [-0.4, -0.2) is 78.7 Å². The molecule has 0 radical (unpaired) electrons. The van der Waals surface area contributed by atoms with Crippen LogP contribution in [-0.2, 0) is 32.0 Å². The SMILES string of the molecule is CC(C)CC(N)C(=O)NC(Cc1cnc[nH]1)C(=O)NC(CS)C(=O)NC(Cc1cnc[nH]1)C(=O)O. The largest absolute Gasteiger partial charge is 0.480 e. The summed E-state index contributed by atoms with van der Waals surface area (Å²) in [5, 5.41) is 17.0. The number of thiol groups is 1. The molecular formula is C21H32N8O5S. The molecule has 2 aromatic heterocycles. The van der Waals surface area contributed by atoms with Gasteiger partial charge in [0.2, 0.25) is 17.7 Å². The Morgan fingerprint density at radius 3 is 1.86 bits per heavy atom. The number of rotatable bonds is 14. The Bertz CT molecular complexity index is 967. The zero-order valence-electron chi connectivity index (χ0n) is 19.5. The number of carboxylic acids is 1. The fourth-order valence-electron chi connectivity index (χ4n) is 3.27. The fourth-order valence-corrected chi connectivity index (χ4v) is 3.53. The van der Waals surface area contributed by atoms with E-state index < -0.39 is 47.9 Å². The Balaban J connectivity index is 2.08. The molecule has 8 N–H and O–H groups in total. The summed E-state index contributed by atoms with van der Waals surface area (Å²) in [4.78, 5) is 63.4. The summed E-state index contributed by atoms with van der Waals surface area (Å²) in [6.07, 6.45) is 6.27. The van der Waals surface area contributed by atoms with Crippen LogP contribution in [0, 0.1) is 5.92 Å². The van der Waals surface area contributed by atoms with E-state index in [1.807, 2.05) is 13.8 Å². The van der Waals surface area contributed by atoms with Gasteiger partial charge in [-0.2, -0.15) is 12.6 Å². The maximum Gasteiger partial charge on any atom is 0.326 e. The third kappa shape index (κ3) is 9.05. The molecule has 0 spiro atoms. The molecule has 4 atom stereocenters. The van der Waals surface area contributed by atoms with E-state index >= 15 is 0 Å². The van der Waals surface area contributed by atoms with E-state index in [9.17, 15) is 24.3 Å². The fraction of sp³-hybridized carbons (Fsp3) is 0.524. The van der Waals surface area contributed by atoms with Crippen LogP contribution < -0.4 is 21.7 Å². The number of carboxylic acid groups (broad SMARTS) is 1. The van der Waals surface area contributed by atoms with Crippen molar-refractivity contribution in [3.05, 3.63) is 36.4 Å². The van der Waals surface area contributed by atoms with Gasteiger partial charge in [-0.15, -0.1) is 0 Å². The Labute approximate surface area is 207 Å². The van der Waals surface area contributed by atoms with Gasteiger partial charge in [0.1, 0.15) is 18.1 Å². The summed E-state index contributed by atoms with van der Waals surface area (Å²) in [6, 6.07) is -4.27. The summed E-state index contributed by atoms with van der Waals surface area (Å²) >= 11 is 4.13. The Morgan fingerprint density at radius 1 is 0.914 bits per heavy atom. The van der Waals surface area contributed by atoms with Crippen molar-refractivity contribution in [1.82, 2.24) is 35.9 Å². The van der Waals surface area contributed by atoms with Crippen molar-refractivity contribution in [3.8, 4) is 0 Å². The van der Waals surface area contributed by atoms with E-state index in [0.29, 0.717) is 17.8 Å². The van der Waals surface area contributed by atoms with Crippen LogP contribution >= 0.6 is 12.6 Å². The zero-order chi connectivity index (χ0) is 26.0. The molecule has 0 aliphatic rings. The van der Waals surface area contributed by atoms with E-state index in [2.05, 4.69) is 48.5 Å². The van der Waals surface area contributed by atoms with Gasteiger partial charge in [0.05, 0.1) is 18.7 Å². The summed E-state index contributed by atoms with van der Waals surface area (Å²) in [5.41, 5.74) is 7.05. The lowest BCUT2D eigenvalue weighted by Gasteiger charge is -2.24. The highest BCUT2D eigenvalue weighted by atomic mass is 32.1. The molecule has 0 aromatic carbocycles. The number of H-pyrrole nitrogens is 2. The smallest absolute Gasteiger partial charge is 0.326 e. The molecule has 0 saturated heterocycles. The molecular weight excluding hydrogens is 476 g/mol. The van der Waals surface area contributed by atoms with Gasteiger partial charge in [0.25, 0.3) is 0 Å². The van der Waals surface area contributed by atoms with Crippen LogP contribution in [0.1, 0.15) is 31.7 Å². The van der Waals surface area contributed by atoms with Crippen LogP contribution in [0.5, 0.6) is 0 Å². The lowest BCUT2D eigenvalue weighted by molar-refractivity contribution is -0.142. The van der Waals surface area contributed by atoms with E-state index in [4.69, 9.17) is 5.73 Å². The first-order valence-corrected chi connectivity index (χ1v) is 11.7. The van der Waals surface area contributed by atoms with Crippen molar-refractivity contribution in [3.63, 3.8) is 0 Å². The lowest BCUT2D eigenvalue weighted by Crippen LogP contribution is -2.58. The predicted molar refractivity (Wildman–Crippen MR) is 129 cm³/mol. The maximum absolute atomic E-state index is 13.1. The van der Waals surface area contributed by atoms with Crippen LogP contribution in [0.4, 0.5) is 0 Å². The Morgan fingerprint density at radius 2 is 1.40 bits per heavy atom. The first-order valence-electron chi connectivity index (χ1n) is 11.1. The zero-order valence-corrected chi connectivity index (χ0v) is 20.4. The number of nitrogens with zero attached hydrogens (tertiary/aromatic N) is 2. The van der Waals surface area contributed by atoms with Crippen molar-refractivity contribution < 1.29 is 24.3 Å². The third-order valence-electron chi connectivity index (χ3n) is 5.08. The van der Waals surface area contributed by atoms with Gasteiger partial charge in [-0.25, -0.2) is 14.8 Å². The molecule has 2 heterocycles. The average molecular weight is 509 g/mol. The quantitative estimate of drug-likeness (QED) is 0.144. The number of nitrogens with one attached hydrogen (secondary N) is 5. The van der Waals surface area contributed by atoms with Gasteiger partial charge in [-0.1, -0.05) is 13.8 Å². The molecule has 4 unspecified atom stereocenters.